The van der Waals surface area contributed by atoms with E-state index in [0.717, 1.165) is 23.5 Å². The molecular formula is C28H26F3N5O4. The highest BCUT2D eigenvalue weighted by atomic mass is 19.4. The lowest BCUT2D eigenvalue weighted by molar-refractivity contribution is -0.141. The number of benzene rings is 2. The van der Waals surface area contributed by atoms with E-state index in [9.17, 15) is 22.8 Å². The minimum Gasteiger partial charge on any atom is -0.478 e. The van der Waals surface area contributed by atoms with Crippen LogP contribution in [0.15, 0.2) is 54.9 Å². The second-order valence-electron chi connectivity index (χ2n) is 9.99. The molecule has 208 valence electrons. The fraction of sp³-hybridized carbons (Fsp3) is 0.357. The summed E-state index contributed by atoms with van der Waals surface area (Å²) in [4.78, 5) is 36.9. The number of anilines is 2. The maximum atomic E-state index is 13.5. The maximum absolute atomic E-state index is 13.5. The molecule has 0 atom stereocenters. The summed E-state index contributed by atoms with van der Waals surface area (Å²) >= 11 is 0. The highest BCUT2D eigenvalue weighted by Gasteiger charge is 2.50. The Labute approximate surface area is 227 Å². The Balaban J connectivity index is 1.11. The zero-order valence-electron chi connectivity index (χ0n) is 21.4. The summed E-state index contributed by atoms with van der Waals surface area (Å²) in [7, 11) is 0. The zero-order valence-corrected chi connectivity index (χ0v) is 21.4. The Morgan fingerprint density at radius 1 is 0.925 bits per heavy atom. The number of alkyl halides is 3. The highest BCUT2D eigenvalue weighted by molar-refractivity contribution is 6.08. The van der Waals surface area contributed by atoms with Gasteiger partial charge in [0.05, 0.1) is 31.2 Å². The van der Waals surface area contributed by atoms with E-state index >= 15 is 0 Å². The van der Waals surface area contributed by atoms with Crippen molar-refractivity contribution in [3.05, 3.63) is 66.1 Å². The number of piperidine rings is 1. The number of fused-ring (bicyclic) bond motifs is 1. The lowest BCUT2D eigenvalue weighted by atomic mass is 9.85. The molecule has 0 unspecified atom stereocenters. The van der Waals surface area contributed by atoms with Crippen LogP contribution in [0.3, 0.4) is 0 Å². The van der Waals surface area contributed by atoms with Gasteiger partial charge in [-0.15, -0.1) is 0 Å². The molecule has 6 rings (SSSR count). The Hall–Kier alpha value is -4.19. The van der Waals surface area contributed by atoms with Crippen LogP contribution in [0.4, 0.5) is 29.5 Å². The van der Waals surface area contributed by atoms with Gasteiger partial charge in [0.2, 0.25) is 5.78 Å². The first-order chi connectivity index (χ1) is 19.2. The summed E-state index contributed by atoms with van der Waals surface area (Å²) in [5.74, 6) is 0.750. The van der Waals surface area contributed by atoms with Crippen LogP contribution in [-0.2, 0) is 10.9 Å². The largest absolute Gasteiger partial charge is 0.478 e. The van der Waals surface area contributed by atoms with Crippen molar-refractivity contribution in [3.63, 3.8) is 0 Å². The summed E-state index contributed by atoms with van der Waals surface area (Å²) in [5, 5.41) is 2.90. The van der Waals surface area contributed by atoms with Gasteiger partial charge in [0.1, 0.15) is 11.6 Å². The summed E-state index contributed by atoms with van der Waals surface area (Å²) in [6, 6.07) is 12.7. The molecule has 12 heteroatoms. The average Bonchev–Trinajstić information content (AvgIpc) is 3.24. The third-order valence-electron chi connectivity index (χ3n) is 7.53. The molecule has 2 amide bonds. The van der Waals surface area contributed by atoms with E-state index < -0.39 is 17.5 Å². The minimum atomic E-state index is -4.55. The van der Waals surface area contributed by atoms with E-state index in [1.165, 1.54) is 0 Å². The molecule has 0 saturated carbocycles. The van der Waals surface area contributed by atoms with Crippen LogP contribution < -0.4 is 15.0 Å². The van der Waals surface area contributed by atoms with Crippen LogP contribution in [0.1, 0.15) is 28.9 Å². The molecule has 9 nitrogen and oxygen atoms in total. The smallest absolute Gasteiger partial charge is 0.434 e. The number of ether oxygens (including phenoxy) is 2. The molecule has 0 bridgehead atoms. The summed E-state index contributed by atoms with van der Waals surface area (Å²) in [6.45, 7) is 2.95. The number of nitrogens with one attached hydrogen (secondary N) is 1. The van der Waals surface area contributed by atoms with Gasteiger partial charge in [-0.05, 0) is 35.4 Å². The molecular weight excluding hydrogens is 527 g/mol. The van der Waals surface area contributed by atoms with Gasteiger partial charge in [-0.3, -0.25) is 4.79 Å². The second-order valence-corrected chi connectivity index (χ2v) is 9.99. The molecule has 3 aliphatic heterocycles. The molecule has 4 heterocycles. The van der Waals surface area contributed by atoms with E-state index in [0.29, 0.717) is 75.1 Å². The van der Waals surface area contributed by atoms with Gasteiger partial charge in [-0.25, -0.2) is 14.8 Å². The quantitative estimate of drug-likeness (QED) is 0.505. The molecule has 2 fully saturated rings. The number of carbonyl (C=O) groups excluding carboxylic acids is 2. The second kappa shape index (κ2) is 10.1. The number of hydrogen-bond donors (Lipinski definition) is 1. The zero-order chi connectivity index (χ0) is 27.9. The van der Waals surface area contributed by atoms with Gasteiger partial charge in [0.25, 0.3) is 0 Å². The lowest BCUT2D eigenvalue weighted by Crippen LogP contribution is -2.50. The summed E-state index contributed by atoms with van der Waals surface area (Å²) in [6.07, 6.45) is -1.98. The van der Waals surface area contributed by atoms with E-state index in [1.807, 2.05) is 41.3 Å². The van der Waals surface area contributed by atoms with Crippen molar-refractivity contribution in [1.29, 1.82) is 0 Å². The van der Waals surface area contributed by atoms with E-state index in [-0.39, 0.29) is 11.8 Å². The predicted molar refractivity (Wildman–Crippen MR) is 139 cm³/mol. The van der Waals surface area contributed by atoms with Crippen molar-refractivity contribution in [2.24, 2.45) is 0 Å². The van der Waals surface area contributed by atoms with Crippen LogP contribution in [0, 0.1) is 0 Å². The number of rotatable bonds is 3. The van der Waals surface area contributed by atoms with Gasteiger partial charge in [-0.2, -0.15) is 13.2 Å². The molecule has 3 aromatic rings. The number of aromatic nitrogens is 2. The molecule has 40 heavy (non-hydrogen) atoms. The summed E-state index contributed by atoms with van der Waals surface area (Å²) in [5.41, 5.74) is 0.851. The van der Waals surface area contributed by atoms with E-state index in [4.69, 9.17) is 9.47 Å². The predicted octanol–water partition coefficient (Wildman–Crippen LogP) is 4.64. The van der Waals surface area contributed by atoms with Crippen LogP contribution >= 0.6 is 0 Å². The van der Waals surface area contributed by atoms with Crippen LogP contribution in [0.5, 0.6) is 5.75 Å². The number of hydrogen-bond acceptors (Lipinski definition) is 7. The molecule has 0 radical (unpaired) electrons. The number of ketones is 1. The third-order valence-corrected chi connectivity index (χ3v) is 7.53. The van der Waals surface area contributed by atoms with Crippen molar-refractivity contribution in [3.8, 4) is 16.9 Å². The van der Waals surface area contributed by atoms with Crippen LogP contribution in [-0.4, -0.2) is 71.7 Å². The van der Waals surface area contributed by atoms with Gasteiger partial charge in [0, 0.05) is 44.7 Å². The Morgan fingerprint density at radius 3 is 2.27 bits per heavy atom. The fourth-order valence-corrected chi connectivity index (χ4v) is 5.25. The van der Waals surface area contributed by atoms with E-state index in [1.54, 1.807) is 11.0 Å². The van der Waals surface area contributed by atoms with Crippen molar-refractivity contribution in [2.45, 2.75) is 24.6 Å². The van der Waals surface area contributed by atoms with Crippen molar-refractivity contribution in [2.75, 3.05) is 49.6 Å². The first-order valence-electron chi connectivity index (χ1n) is 13.0. The minimum absolute atomic E-state index is 0.100. The van der Waals surface area contributed by atoms with Crippen molar-refractivity contribution < 1.29 is 32.2 Å². The number of amides is 2. The topological polar surface area (TPSA) is 96.9 Å². The first kappa shape index (κ1) is 26.1. The monoisotopic (exact) mass is 553 g/mol. The standard InChI is InChI=1S/C28H26F3N5O4/c29-28(30,31)23-16-33-24(17-32-23)35-9-7-27(8-10-35)25(37)21-15-19(3-6-22(21)40-27)18-1-4-20(5-2-18)34-26(38)36-11-13-39-14-12-36/h1-6,15-17H,7-14H2,(H,34,38). The van der Waals surface area contributed by atoms with Gasteiger partial charge >= 0.3 is 12.2 Å². The third kappa shape index (κ3) is 4.94. The molecule has 2 saturated heterocycles. The SMILES string of the molecule is O=C(Nc1ccc(-c2ccc3c(c2)C(=O)C2(CCN(c4cnc(C(F)(F)F)cn4)CC2)O3)cc1)N1CCOCC1. The molecule has 3 aliphatic rings. The van der Waals surface area contributed by atoms with Crippen LogP contribution in [0.25, 0.3) is 11.1 Å². The summed E-state index contributed by atoms with van der Waals surface area (Å²) < 4.78 is 49.9. The van der Waals surface area contributed by atoms with Gasteiger partial charge in [-0.1, -0.05) is 18.2 Å². The molecule has 1 aromatic heterocycles. The number of morpholine rings is 1. The molecule has 1 N–H and O–H groups in total. The Kier molecular flexibility index (Phi) is 6.57. The van der Waals surface area contributed by atoms with Crippen molar-refractivity contribution >= 4 is 23.3 Å². The number of nitrogens with zero attached hydrogens (tertiary/aromatic N) is 4. The molecule has 1 spiro atoms. The normalized spacial score (nSPS) is 18.4. The maximum Gasteiger partial charge on any atom is 0.434 e. The Bertz CT molecular complexity index is 1420. The fourth-order valence-electron chi connectivity index (χ4n) is 5.25. The molecule has 2 aromatic carbocycles. The number of Topliss-reactive ketones (excluding diaryl/α,β-unsaturated/α-hetero) is 1. The number of halogens is 3. The van der Waals surface area contributed by atoms with Crippen molar-refractivity contribution in [1.82, 2.24) is 14.9 Å². The van der Waals surface area contributed by atoms with Gasteiger partial charge in [0.15, 0.2) is 11.3 Å². The molecule has 0 aliphatic carbocycles. The average molecular weight is 554 g/mol. The van der Waals surface area contributed by atoms with Gasteiger partial charge < -0.3 is 24.6 Å². The van der Waals surface area contributed by atoms with E-state index in [2.05, 4.69) is 15.3 Å². The van der Waals surface area contributed by atoms with Crippen LogP contribution in [0.2, 0.25) is 0 Å². The number of urea groups is 1. The first-order valence-corrected chi connectivity index (χ1v) is 13.0. The highest BCUT2D eigenvalue weighted by Crippen LogP contribution is 2.43. The number of carbonyl (C=O) groups is 2. The lowest BCUT2D eigenvalue weighted by Gasteiger charge is -2.37. The Morgan fingerprint density at radius 2 is 1.62 bits per heavy atom.